The number of hydrogen-bond donors (Lipinski definition) is 1. The molecule has 3 heteroatoms. The van der Waals surface area contributed by atoms with Gasteiger partial charge in [0.15, 0.2) is 6.79 Å². The number of benzene rings is 1. The van der Waals surface area contributed by atoms with Crippen molar-refractivity contribution in [3.63, 3.8) is 0 Å². The van der Waals surface area contributed by atoms with Crippen LogP contribution < -0.4 is 10.5 Å². The molecule has 0 heterocycles. The molecule has 0 aromatic heterocycles. The Morgan fingerprint density at radius 3 is 2.88 bits per heavy atom. The Kier molecular flexibility index (Phi) is 3.80. The van der Waals surface area contributed by atoms with Crippen LogP contribution in [0.25, 0.3) is 0 Å². The molecule has 1 saturated carbocycles. The van der Waals surface area contributed by atoms with E-state index in [1.165, 1.54) is 12.8 Å². The lowest BCUT2D eigenvalue weighted by Gasteiger charge is -2.10. The molecule has 0 unspecified atom stereocenters. The third kappa shape index (κ3) is 3.22. The number of hydrogen-bond acceptors (Lipinski definition) is 3. The predicted octanol–water partition coefficient (Wildman–Crippen LogP) is 2.22. The summed E-state index contributed by atoms with van der Waals surface area (Å²) in [6.07, 6.45) is 2.61. The average Bonchev–Trinajstić information content (AvgIpc) is 3.10. The molecule has 1 aromatic rings. The summed E-state index contributed by atoms with van der Waals surface area (Å²) in [6.45, 7) is 3.73. The lowest BCUT2D eigenvalue weighted by molar-refractivity contribution is 0.00958. The average molecular weight is 221 g/mol. The van der Waals surface area contributed by atoms with E-state index in [9.17, 15) is 0 Å². The van der Waals surface area contributed by atoms with Crippen LogP contribution in [-0.2, 0) is 11.3 Å². The van der Waals surface area contributed by atoms with Crippen LogP contribution in [0.1, 0.15) is 24.0 Å². The van der Waals surface area contributed by atoms with Gasteiger partial charge in [0.05, 0.1) is 6.61 Å². The van der Waals surface area contributed by atoms with Crippen molar-refractivity contribution in [3.05, 3.63) is 29.3 Å². The van der Waals surface area contributed by atoms with Crippen LogP contribution in [0.5, 0.6) is 5.75 Å². The first-order chi connectivity index (χ1) is 7.79. The molecule has 1 aliphatic rings. The van der Waals surface area contributed by atoms with E-state index in [0.29, 0.717) is 13.3 Å². The highest BCUT2D eigenvalue weighted by Gasteiger charge is 2.21. The van der Waals surface area contributed by atoms with E-state index in [-0.39, 0.29) is 0 Å². The molecule has 2 N–H and O–H groups in total. The van der Waals surface area contributed by atoms with Gasteiger partial charge in [-0.05, 0) is 42.9 Å². The Balaban J connectivity index is 1.81. The normalized spacial score (nSPS) is 15.1. The van der Waals surface area contributed by atoms with Gasteiger partial charge in [0, 0.05) is 6.54 Å². The molecule has 1 aliphatic carbocycles. The van der Waals surface area contributed by atoms with Gasteiger partial charge in [-0.1, -0.05) is 12.1 Å². The van der Waals surface area contributed by atoms with Crippen LogP contribution in [0, 0.1) is 12.8 Å². The first-order valence-corrected chi connectivity index (χ1v) is 5.79. The predicted molar refractivity (Wildman–Crippen MR) is 63.2 cm³/mol. The molecule has 0 spiro atoms. The topological polar surface area (TPSA) is 44.5 Å². The maximum Gasteiger partial charge on any atom is 0.189 e. The fraction of sp³-hybridized carbons (Fsp3) is 0.538. The van der Waals surface area contributed by atoms with Gasteiger partial charge >= 0.3 is 0 Å². The van der Waals surface area contributed by atoms with Crippen LogP contribution in [0.15, 0.2) is 18.2 Å². The summed E-state index contributed by atoms with van der Waals surface area (Å²) in [5, 5.41) is 0. The standard InChI is InChI=1S/C13H19NO2/c1-10-2-3-12(7-14)6-13(10)16-9-15-8-11-4-5-11/h2-3,6,11H,4-5,7-9,14H2,1H3. The van der Waals surface area contributed by atoms with Crippen molar-refractivity contribution in [3.8, 4) is 5.75 Å². The molecule has 2 rings (SSSR count). The fourth-order valence-electron chi connectivity index (χ4n) is 1.53. The van der Waals surface area contributed by atoms with E-state index < -0.39 is 0 Å². The third-order valence-corrected chi connectivity index (χ3v) is 2.84. The summed E-state index contributed by atoms with van der Waals surface area (Å²) in [4.78, 5) is 0. The molecule has 0 radical (unpaired) electrons. The summed E-state index contributed by atoms with van der Waals surface area (Å²) < 4.78 is 11.0. The Hall–Kier alpha value is -1.06. The second-order valence-corrected chi connectivity index (χ2v) is 4.38. The van der Waals surface area contributed by atoms with E-state index in [1.54, 1.807) is 0 Å². The zero-order valence-corrected chi connectivity index (χ0v) is 9.74. The molecule has 0 amide bonds. The Labute approximate surface area is 96.5 Å². The fourth-order valence-corrected chi connectivity index (χ4v) is 1.53. The van der Waals surface area contributed by atoms with E-state index in [1.807, 2.05) is 25.1 Å². The molecule has 0 bridgehead atoms. The minimum absolute atomic E-state index is 0.339. The third-order valence-electron chi connectivity index (χ3n) is 2.84. The molecular formula is C13H19NO2. The number of ether oxygens (including phenoxy) is 2. The summed E-state index contributed by atoms with van der Waals surface area (Å²) in [5.74, 6) is 1.65. The van der Waals surface area contributed by atoms with Gasteiger partial charge in [0.1, 0.15) is 5.75 Å². The second kappa shape index (κ2) is 5.32. The molecule has 0 saturated heterocycles. The van der Waals surface area contributed by atoms with Crippen molar-refractivity contribution in [1.29, 1.82) is 0 Å². The van der Waals surface area contributed by atoms with Crippen molar-refractivity contribution in [1.82, 2.24) is 0 Å². The van der Waals surface area contributed by atoms with Crippen LogP contribution in [0.3, 0.4) is 0 Å². The molecule has 88 valence electrons. The zero-order valence-electron chi connectivity index (χ0n) is 9.74. The lowest BCUT2D eigenvalue weighted by Crippen LogP contribution is -2.06. The Morgan fingerprint density at radius 1 is 1.38 bits per heavy atom. The highest BCUT2D eigenvalue weighted by atomic mass is 16.7. The minimum atomic E-state index is 0.339. The molecule has 1 fully saturated rings. The molecule has 16 heavy (non-hydrogen) atoms. The maximum atomic E-state index is 5.58. The molecule has 0 atom stereocenters. The van der Waals surface area contributed by atoms with Crippen molar-refractivity contribution < 1.29 is 9.47 Å². The van der Waals surface area contributed by atoms with E-state index >= 15 is 0 Å². The first-order valence-electron chi connectivity index (χ1n) is 5.79. The van der Waals surface area contributed by atoms with Gasteiger partial charge in [-0.2, -0.15) is 0 Å². The van der Waals surface area contributed by atoms with Gasteiger partial charge in [-0.25, -0.2) is 0 Å². The Bertz CT molecular complexity index is 348. The highest BCUT2D eigenvalue weighted by Crippen LogP contribution is 2.28. The van der Waals surface area contributed by atoms with Gasteiger partial charge < -0.3 is 15.2 Å². The molecule has 3 nitrogen and oxygen atoms in total. The van der Waals surface area contributed by atoms with Crippen molar-refractivity contribution in [2.45, 2.75) is 26.3 Å². The van der Waals surface area contributed by atoms with Crippen LogP contribution in [0.4, 0.5) is 0 Å². The largest absolute Gasteiger partial charge is 0.467 e. The number of aryl methyl sites for hydroxylation is 1. The van der Waals surface area contributed by atoms with Gasteiger partial charge in [-0.3, -0.25) is 0 Å². The van der Waals surface area contributed by atoms with Crippen molar-refractivity contribution in [2.24, 2.45) is 11.7 Å². The lowest BCUT2D eigenvalue weighted by atomic mass is 10.1. The Morgan fingerprint density at radius 2 is 2.19 bits per heavy atom. The quantitative estimate of drug-likeness (QED) is 0.591. The smallest absolute Gasteiger partial charge is 0.189 e. The van der Waals surface area contributed by atoms with Crippen LogP contribution in [-0.4, -0.2) is 13.4 Å². The van der Waals surface area contributed by atoms with Gasteiger partial charge in [0.25, 0.3) is 0 Å². The van der Waals surface area contributed by atoms with E-state index in [0.717, 1.165) is 29.4 Å². The minimum Gasteiger partial charge on any atom is -0.467 e. The first kappa shape index (κ1) is 11.4. The molecular weight excluding hydrogens is 202 g/mol. The van der Waals surface area contributed by atoms with Crippen molar-refractivity contribution >= 4 is 0 Å². The maximum absolute atomic E-state index is 5.58. The number of rotatable bonds is 6. The monoisotopic (exact) mass is 221 g/mol. The van der Waals surface area contributed by atoms with Gasteiger partial charge in [-0.15, -0.1) is 0 Å². The van der Waals surface area contributed by atoms with Gasteiger partial charge in [0.2, 0.25) is 0 Å². The molecule has 0 aliphatic heterocycles. The van der Waals surface area contributed by atoms with E-state index in [2.05, 4.69) is 0 Å². The number of nitrogens with two attached hydrogens (primary N) is 1. The second-order valence-electron chi connectivity index (χ2n) is 4.38. The molecule has 1 aromatic carbocycles. The van der Waals surface area contributed by atoms with Crippen LogP contribution >= 0.6 is 0 Å². The van der Waals surface area contributed by atoms with Crippen LogP contribution in [0.2, 0.25) is 0 Å². The zero-order chi connectivity index (χ0) is 11.4. The highest BCUT2D eigenvalue weighted by molar-refractivity contribution is 5.36. The summed E-state index contributed by atoms with van der Waals surface area (Å²) >= 11 is 0. The summed E-state index contributed by atoms with van der Waals surface area (Å²) in [6, 6.07) is 6.03. The SMILES string of the molecule is Cc1ccc(CN)cc1OCOCC1CC1. The summed E-state index contributed by atoms with van der Waals surface area (Å²) in [5.41, 5.74) is 7.79. The van der Waals surface area contributed by atoms with Crippen molar-refractivity contribution in [2.75, 3.05) is 13.4 Å². The summed E-state index contributed by atoms with van der Waals surface area (Å²) in [7, 11) is 0. The van der Waals surface area contributed by atoms with E-state index in [4.69, 9.17) is 15.2 Å².